The van der Waals surface area contributed by atoms with E-state index in [0.29, 0.717) is 35.6 Å². The summed E-state index contributed by atoms with van der Waals surface area (Å²) in [7, 11) is 1.88. The molecule has 3 atom stereocenters. The Morgan fingerprint density at radius 1 is 1.00 bits per heavy atom. The van der Waals surface area contributed by atoms with E-state index in [1.807, 2.05) is 42.3 Å². The van der Waals surface area contributed by atoms with Crippen molar-refractivity contribution in [1.29, 1.82) is 0 Å². The molecular formula is C19H22N8O. The minimum Gasteiger partial charge on any atom is -0.368 e. The molecule has 4 heterocycles. The van der Waals surface area contributed by atoms with Crippen LogP contribution in [0.25, 0.3) is 11.6 Å². The van der Waals surface area contributed by atoms with Crippen LogP contribution < -0.4 is 16.0 Å². The first-order valence-electron chi connectivity index (χ1n) is 9.56. The van der Waals surface area contributed by atoms with E-state index in [9.17, 15) is 0 Å². The predicted octanol–water partition coefficient (Wildman–Crippen LogP) is 2.27. The van der Waals surface area contributed by atoms with E-state index in [0.717, 1.165) is 18.5 Å². The van der Waals surface area contributed by atoms with Crippen LogP contribution in [0, 0.1) is 0 Å². The van der Waals surface area contributed by atoms with Gasteiger partial charge in [0.2, 0.25) is 29.4 Å². The predicted molar refractivity (Wildman–Crippen MR) is 104 cm³/mol. The lowest BCUT2D eigenvalue weighted by molar-refractivity contribution is 0.287. The number of anilines is 3. The first-order chi connectivity index (χ1) is 13.7. The first-order valence-corrected chi connectivity index (χ1v) is 9.56. The zero-order valence-electron chi connectivity index (χ0n) is 15.6. The third kappa shape index (κ3) is 3.18. The number of fused-ring (bicyclic) bond motifs is 2. The molecule has 2 aromatic heterocycles. The number of benzene rings is 1. The van der Waals surface area contributed by atoms with E-state index in [1.165, 1.54) is 12.8 Å². The Kier molecular flexibility index (Phi) is 4.16. The van der Waals surface area contributed by atoms with Crippen LogP contribution >= 0.6 is 0 Å². The SMILES string of the molecule is CN(c1ccccc1)c1nc(N)nc(-c2noc([C@H]3C[C@H]4CC[C@@H](C3)N4)n2)n1. The Morgan fingerprint density at radius 2 is 1.75 bits per heavy atom. The monoisotopic (exact) mass is 378 g/mol. The maximum Gasteiger partial charge on any atom is 0.240 e. The molecule has 0 unspecified atom stereocenters. The maximum atomic E-state index is 5.92. The number of nitrogen functional groups attached to an aromatic ring is 1. The second kappa shape index (κ2) is 6.83. The van der Waals surface area contributed by atoms with Crippen LogP contribution in [0.4, 0.5) is 17.6 Å². The van der Waals surface area contributed by atoms with Gasteiger partial charge in [0.25, 0.3) is 0 Å². The van der Waals surface area contributed by atoms with Crippen molar-refractivity contribution >= 4 is 17.6 Å². The molecule has 0 amide bonds. The van der Waals surface area contributed by atoms with Crippen LogP contribution in [0.3, 0.4) is 0 Å². The normalized spacial score (nSPS) is 23.7. The van der Waals surface area contributed by atoms with E-state index in [4.69, 9.17) is 10.3 Å². The molecule has 28 heavy (non-hydrogen) atoms. The number of nitrogens with two attached hydrogens (primary N) is 1. The quantitative estimate of drug-likeness (QED) is 0.704. The zero-order chi connectivity index (χ0) is 19.1. The number of nitrogens with zero attached hydrogens (tertiary/aromatic N) is 6. The van der Waals surface area contributed by atoms with Crippen LogP contribution in [-0.2, 0) is 0 Å². The Balaban J connectivity index is 1.42. The summed E-state index contributed by atoms with van der Waals surface area (Å²) in [4.78, 5) is 19.4. The lowest BCUT2D eigenvalue weighted by Crippen LogP contribution is -2.37. The van der Waals surface area contributed by atoms with E-state index in [1.54, 1.807) is 0 Å². The van der Waals surface area contributed by atoms with Crippen molar-refractivity contribution in [2.24, 2.45) is 0 Å². The molecule has 144 valence electrons. The summed E-state index contributed by atoms with van der Waals surface area (Å²) in [6.45, 7) is 0. The van der Waals surface area contributed by atoms with Gasteiger partial charge >= 0.3 is 0 Å². The van der Waals surface area contributed by atoms with Crippen LogP contribution in [0.5, 0.6) is 0 Å². The topological polar surface area (TPSA) is 119 Å². The van der Waals surface area contributed by atoms with Crippen molar-refractivity contribution in [2.75, 3.05) is 17.7 Å². The van der Waals surface area contributed by atoms with Gasteiger partial charge in [-0.3, -0.25) is 0 Å². The molecule has 9 heteroatoms. The van der Waals surface area contributed by atoms with E-state index in [2.05, 4.69) is 30.4 Å². The number of aromatic nitrogens is 5. The zero-order valence-corrected chi connectivity index (χ0v) is 15.6. The standard InChI is InChI=1S/C19H22N8O/c1-27(14-5-3-2-4-6-14)19-24-15(23-18(20)25-19)16-22-17(28-26-16)11-9-12-7-8-13(10-11)21-12/h2-6,11-13,21H,7-10H2,1H3,(H2,20,23,24,25)/t11-,12+,13-. The van der Waals surface area contributed by atoms with Gasteiger partial charge in [-0.15, -0.1) is 0 Å². The maximum absolute atomic E-state index is 5.92. The summed E-state index contributed by atoms with van der Waals surface area (Å²) in [5.74, 6) is 2.15. The third-order valence-corrected chi connectivity index (χ3v) is 5.55. The molecule has 2 saturated heterocycles. The summed E-state index contributed by atoms with van der Waals surface area (Å²) >= 11 is 0. The van der Waals surface area contributed by atoms with Gasteiger partial charge < -0.3 is 20.5 Å². The second-order valence-corrected chi connectivity index (χ2v) is 7.47. The molecule has 2 bridgehead atoms. The van der Waals surface area contributed by atoms with Gasteiger partial charge in [-0.2, -0.15) is 19.9 Å². The Hall–Kier alpha value is -3.07. The molecule has 0 aliphatic carbocycles. The van der Waals surface area contributed by atoms with Crippen molar-refractivity contribution in [3.63, 3.8) is 0 Å². The van der Waals surface area contributed by atoms with Crippen molar-refractivity contribution in [2.45, 2.75) is 43.7 Å². The van der Waals surface area contributed by atoms with Gasteiger partial charge in [0.15, 0.2) is 0 Å². The molecule has 2 aliphatic heterocycles. The Labute approximate surface area is 162 Å². The number of hydrogen-bond donors (Lipinski definition) is 2. The van der Waals surface area contributed by atoms with Crippen LogP contribution in [0.1, 0.15) is 37.5 Å². The van der Waals surface area contributed by atoms with Gasteiger partial charge in [0.05, 0.1) is 0 Å². The Morgan fingerprint density at radius 3 is 2.50 bits per heavy atom. The number of hydrogen-bond acceptors (Lipinski definition) is 9. The minimum absolute atomic E-state index is 0.119. The molecule has 0 radical (unpaired) electrons. The smallest absolute Gasteiger partial charge is 0.240 e. The highest BCUT2D eigenvalue weighted by molar-refractivity contribution is 5.58. The molecule has 2 aliphatic rings. The van der Waals surface area contributed by atoms with Crippen molar-refractivity contribution in [1.82, 2.24) is 30.4 Å². The van der Waals surface area contributed by atoms with Gasteiger partial charge in [0, 0.05) is 30.7 Å². The average Bonchev–Trinajstić information content (AvgIpc) is 3.34. The van der Waals surface area contributed by atoms with Crippen molar-refractivity contribution < 1.29 is 4.52 Å². The number of nitrogens with one attached hydrogen (secondary N) is 1. The summed E-state index contributed by atoms with van der Waals surface area (Å²) < 4.78 is 5.56. The van der Waals surface area contributed by atoms with Crippen LogP contribution in [0.2, 0.25) is 0 Å². The fraction of sp³-hybridized carbons (Fsp3) is 0.421. The number of rotatable bonds is 4. The summed E-state index contributed by atoms with van der Waals surface area (Å²) in [5, 5.41) is 7.74. The second-order valence-electron chi connectivity index (χ2n) is 7.47. The molecule has 2 fully saturated rings. The molecule has 1 aromatic carbocycles. The van der Waals surface area contributed by atoms with Crippen molar-refractivity contribution in [3.05, 3.63) is 36.2 Å². The molecule has 5 rings (SSSR count). The molecule has 3 aromatic rings. The number of para-hydroxylation sites is 1. The molecular weight excluding hydrogens is 356 g/mol. The van der Waals surface area contributed by atoms with Crippen LogP contribution in [0.15, 0.2) is 34.9 Å². The summed E-state index contributed by atoms with van der Waals surface area (Å²) in [6.07, 6.45) is 4.50. The van der Waals surface area contributed by atoms with Crippen LogP contribution in [-0.4, -0.2) is 44.2 Å². The number of piperidine rings is 1. The summed E-state index contributed by atoms with van der Waals surface area (Å²) in [5.41, 5.74) is 6.87. The molecule has 3 N–H and O–H groups in total. The third-order valence-electron chi connectivity index (χ3n) is 5.55. The molecule has 0 saturated carbocycles. The van der Waals surface area contributed by atoms with E-state index < -0.39 is 0 Å². The first kappa shape index (κ1) is 17.1. The van der Waals surface area contributed by atoms with Gasteiger partial charge in [0.1, 0.15) is 0 Å². The fourth-order valence-corrected chi connectivity index (χ4v) is 4.15. The average molecular weight is 378 g/mol. The van der Waals surface area contributed by atoms with E-state index >= 15 is 0 Å². The lowest BCUT2D eigenvalue weighted by Gasteiger charge is -2.26. The molecule has 9 nitrogen and oxygen atoms in total. The largest absolute Gasteiger partial charge is 0.368 e. The van der Waals surface area contributed by atoms with Gasteiger partial charge in [-0.1, -0.05) is 23.4 Å². The highest BCUT2D eigenvalue weighted by Crippen LogP contribution is 2.37. The minimum atomic E-state index is 0.119. The highest BCUT2D eigenvalue weighted by Gasteiger charge is 2.36. The molecule has 0 spiro atoms. The van der Waals surface area contributed by atoms with Crippen molar-refractivity contribution in [3.8, 4) is 11.6 Å². The van der Waals surface area contributed by atoms with Gasteiger partial charge in [-0.05, 0) is 37.8 Å². The Bertz CT molecular complexity index is 963. The summed E-state index contributed by atoms with van der Waals surface area (Å²) in [6, 6.07) is 10.9. The highest BCUT2D eigenvalue weighted by atomic mass is 16.5. The fourth-order valence-electron chi connectivity index (χ4n) is 4.15. The van der Waals surface area contributed by atoms with E-state index in [-0.39, 0.29) is 11.9 Å². The lowest BCUT2D eigenvalue weighted by atomic mass is 9.92. The van der Waals surface area contributed by atoms with Gasteiger partial charge in [-0.25, -0.2) is 0 Å².